The predicted octanol–water partition coefficient (Wildman–Crippen LogP) is 5.61. The van der Waals surface area contributed by atoms with E-state index in [-0.39, 0.29) is 5.56 Å². The highest BCUT2D eigenvalue weighted by Gasteiger charge is 2.25. The normalized spacial score (nSPS) is 13.4. The summed E-state index contributed by atoms with van der Waals surface area (Å²) in [5, 5.41) is 18.3. The molecule has 0 unspecified atom stereocenters. The van der Waals surface area contributed by atoms with Gasteiger partial charge in [0.25, 0.3) is 0 Å². The summed E-state index contributed by atoms with van der Waals surface area (Å²) >= 11 is 6.52. The van der Waals surface area contributed by atoms with E-state index >= 15 is 0 Å². The molecule has 0 amide bonds. The zero-order valence-electron chi connectivity index (χ0n) is 17.4. The Labute approximate surface area is 193 Å². The molecule has 6 rings (SSSR count). The molecule has 0 radical (unpaired) electrons. The highest BCUT2D eigenvalue weighted by atomic mass is 35.5. The summed E-state index contributed by atoms with van der Waals surface area (Å²) in [4.78, 5) is 23.6. The average Bonchev–Trinajstić information content (AvgIpc) is 3.31. The summed E-state index contributed by atoms with van der Waals surface area (Å²) < 4.78 is 0. The number of aromatic carboxylic acids is 1. The molecule has 0 saturated heterocycles. The second-order valence-corrected chi connectivity index (χ2v) is 8.48. The number of benzene rings is 3. The molecule has 8 heteroatoms. The van der Waals surface area contributed by atoms with Crippen molar-refractivity contribution in [1.29, 1.82) is 0 Å². The molecule has 0 spiro atoms. The average molecular weight is 456 g/mol. The molecule has 33 heavy (non-hydrogen) atoms. The van der Waals surface area contributed by atoms with Gasteiger partial charge in [0, 0.05) is 28.2 Å². The molecular formula is C25H18ClN5O2. The van der Waals surface area contributed by atoms with Gasteiger partial charge < -0.3 is 10.0 Å². The lowest BCUT2D eigenvalue weighted by molar-refractivity contribution is 0.0697. The van der Waals surface area contributed by atoms with E-state index < -0.39 is 5.97 Å². The van der Waals surface area contributed by atoms with E-state index in [0.717, 1.165) is 57.8 Å². The van der Waals surface area contributed by atoms with Crippen molar-refractivity contribution in [3.8, 4) is 11.3 Å². The van der Waals surface area contributed by atoms with Crippen LogP contribution in [0, 0.1) is 0 Å². The molecule has 0 aliphatic carbocycles. The van der Waals surface area contributed by atoms with Crippen LogP contribution < -0.4 is 4.90 Å². The van der Waals surface area contributed by atoms with Crippen LogP contribution in [0.4, 0.5) is 11.5 Å². The van der Waals surface area contributed by atoms with Crippen LogP contribution in [0.25, 0.3) is 33.2 Å². The number of nitrogens with zero attached hydrogens (tertiary/aromatic N) is 4. The molecule has 2 aromatic heterocycles. The Morgan fingerprint density at radius 2 is 1.97 bits per heavy atom. The third-order valence-corrected chi connectivity index (χ3v) is 6.41. The summed E-state index contributed by atoms with van der Waals surface area (Å²) in [5.41, 5.74) is 6.01. The summed E-state index contributed by atoms with van der Waals surface area (Å²) in [5.74, 6) is -0.319. The molecular weight excluding hydrogens is 438 g/mol. The number of carbonyl (C=O) groups is 1. The second kappa shape index (κ2) is 7.56. The number of H-pyrrole nitrogens is 1. The number of nitrogens with one attached hydrogen (secondary N) is 1. The van der Waals surface area contributed by atoms with Crippen LogP contribution in [-0.4, -0.2) is 37.8 Å². The molecule has 1 aliphatic rings. The monoisotopic (exact) mass is 455 g/mol. The lowest BCUT2D eigenvalue weighted by atomic mass is 10.0. The standard InChI is InChI=1S/C25H18ClN5O2/c26-18-4-1-5-22-17(18)3-2-10-31(22)24-23(14-6-8-19-16(11-14)13-27-30-19)28-20-9-7-15(25(32)33)12-21(20)29-24/h1,4-9,11-13H,2-3,10H2,(H,27,30)(H,32,33). The van der Waals surface area contributed by atoms with Crippen molar-refractivity contribution in [2.45, 2.75) is 12.8 Å². The Morgan fingerprint density at radius 1 is 1.06 bits per heavy atom. The van der Waals surface area contributed by atoms with Crippen molar-refractivity contribution >= 4 is 51.0 Å². The lowest BCUT2D eigenvalue weighted by Crippen LogP contribution is -2.26. The zero-order valence-corrected chi connectivity index (χ0v) is 18.2. The Hall–Kier alpha value is -3.97. The van der Waals surface area contributed by atoms with Gasteiger partial charge in [-0.25, -0.2) is 14.8 Å². The Morgan fingerprint density at radius 3 is 2.85 bits per heavy atom. The molecule has 0 bridgehead atoms. The van der Waals surface area contributed by atoms with E-state index in [1.54, 1.807) is 24.4 Å². The van der Waals surface area contributed by atoms with Crippen LogP contribution >= 0.6 is 11.6 Å². The number of hydrogen-bond donors (Lipinski definition) is 2. The van der Waals surface area contributed by atoms with Gasteiger partial charge in [-0.2, -0.15) is 5.10 Å². The first-order chi connectivity index (χ1) is 16.1. The van der Waals surface area contributed by atoms with E-state index in [4.69, 9.17) is 21.6 Å². The van der Waals surface area contributed by atoms with Crippen molar-refractivity contribution in [3.05, 3.63) is 76.9 Å². The van der Waals surface area contributed by atoms with Gasteiger partial charge in [-0.3, -0.25) is 5.10 Å². The molecule has 0 saturated carbocycles. The highest BCUT2D eigenvalue weighted by Crippen LogP contribution is 2.40. The first kappa shape index (κ1) is 19.7. The van der Waals surface area contributed by atoms with Crippen LogP contribution in [0.5, 0.6) is 0 Å². The maximum Gasteiger partial charge on any atom is 0.335 e. The fourth-order valence-corrected chi connectivity index (χ4v) is 4.72. The van der Waals surface area contributed by atoms with Gasteiger partial charge in [0.1, 0.15) is 5.69 Å². The van der Waals surface area contributed by atoms with Crippen molar-refractivity contribution in [2.24, 2.45) is 0 Å². The third-order valence-electron chi connectivity index (χ3n) is 6.06. The lowest BCUT2D eigenvalue weighted by Gasteiger charge is -2.32. The number of hydrogen-bond acceptors (Lipinski definition) is 5. The van der Waals surface area contributed by atoms with Crippen molar-refractivity contribution < 1.29 is 9.90 Å². The van der Waals surface area contributed by atoms with Crippen LogP contribution in [0.1, 0.15) is 22.3 Å². The largest absolute Gasteiger partial charge is 0.478 e. The molecule has 7 nitrogen and oxygen atoms in total. The van der Waals surface area contributed by atoms with Crippen LogP contribution in [-0.2, 0) is 6.42 Å². The summed E-state index contributed by atoms with van der Waals surface area (Å²) in [7, 11) is 0. The van der Waals surface area contributed by atoms with Crippen LogP contribution in [0.2, 0.25) is 5.02 Å². The molecule has 3 heterocycles. The van der Waals surface area contributed by atoms with Crippen LogP contribution in [0.3, 0.4) is 0 Å². The molecule has 0 atom stereocenters. The minimum Gasteiger partial charge on any atom is -0.478 e. The van der Waals surface area contributed by atoms with Crippen LogP contribution in [0.15, 0.2) is 60.8 Å². The van der Waals surface area contributed by atoms with Gasteiger partial charge in [0.05, 0.1) is 28.3 Å². The first-order valence-electron chi connectivity index (χ1n) is 10.6. The number of carboxylic acid groups (broad SMARTS) is 1. The Bertz CT molecular complexity index is 1560. The molecule has 1 aliphatic heterocycles. The van der Waals surface area contributed by atoms with E-state index in [1.807, 2.05) is 36.4 Å². The third kappa shape index (κ3) is 3.29. The van der Waals surface area contributed by atoms with Gasteiger partial charge in [0.15, 0.2) is 5.82 Å². The minimum absolute atomic E-state index is 0.178. The predicted molar refractivity (Wildman–Crippen MR) is 128 cm³/mol. The number of carboxylic acids is 1. The number of rotatable bonds is 3. The van der Waals surface area contributed by atoms with Gasteiger partial charge in [-0.15, -0.1) is 0 Å². The summed E-state index contributed by atoms with van der Waals surface area (Å²) in [6.07, 6.45) is 3.60. The SMILES string of the molecule is O=C(O)c1ccc2nc(-c3ccc4[nH]ncc4c3)c(N3CCCc4c(Cl)cccc43)nc2c1. The highest BCUT2D eigenvalue weighted by molar-refractivity contribution is 6.31. The molecule has 162 valence electrons. The van der Waals surface area contributed by atoms with Crippen molar-refractivity contribution in [2.75, 3.05) is 11.4 Å². The summed E-state index contributed by atoms with van der Waals surface area (Å²) in [6.45, 7) is 0.757. The fraction of sp³-hybridized carbons (Fsp3) is 0.120. The van der Waals surface area contributed by atoms with E-state index in [2.05, 4.69) is 15.1 Å². The first-order valence-corrected chi connectivity index (χ1v) is 11.0. The Balaban J connectivity index is 1.62. The number of halogens is 1. The van der Waals surface area contributed by atoms with E-state index in [1.165, 1.54) is 0 Å². The van der Waals surface area contributed by atoms with Gasteiger partial charge >= 0.3 is 5.97 Å². The molecule has 5 aromatic rings. The zero-order chi connectivity index (χ0) is 22.5. The van der Waals surface area contributed by atoms with E-state index in [0.29, 0.717) is 16.9 Å². The molecule has 0 fully saturated rings. The summed E-state index contributed by atoms with van der Waals surface area (Å²) in [6, 6.07) is 16.7. The number of fused-ring (bicyclic) bond motifs is 3. The maximum absolute atomic E-state index is 11.5. The van der Waals surface area contributed by atoms with Gasteiger partial charge in [0.2, 0.25) is 0 Å². The topological polar surface area (TPSA) is 95.0 Å². The van der Waals surface area contributed by atoms with Gasteiger partial charge in [-0.05, 0) is 60.9 Å². The maximum atomic E-state index is 11.5. The number of aromatic nitrogens is 4. The smallest absolute Gasteiger partial charge is 0.335 e. The van der Waals surface area contributed by atoms with Crippen molar-refractivity contribution in [1.82, 2.24) is 20.2 Å². The fourth-order valence-electron chi connectivity index (χ4n) is 4.45. The Kier molecular flexibility index (Phi) is 4.52. The van der Waals surface area contributed by atoms with Crippen molar-refractivity contribution in [3.63, 3.8) is 0 Å². The quantitative estimate of drug-likeness (QED) is 0.367. The van der Waals surface area contributed by atoms with Gasteiger partial charge in [-0.1, -0.05) is 23.7 Å². The molecule has 3 aromatic carbocycles. The second-order valence-electron chi connectivity index (χ2n) is 8.07. The molecule has 2 N–H and O–H groups in total. The number of anilines is 2. The minimum atomic E-state index is -0.996. The number of aromatic amines is 1. The van der Waals surface area contributed by atoms with E-state index in [9.17, 15) is 9.90 Å².